The summed E-state index contributed by atoms with van der Waals surface area (Å²) >= 11 is 0. The lowest BCUT2D eigenvalue weighted by Crippen LogP contribution is -2.34. The average Bonchev–Trinajstić information content (AvgIpc) is 2.76. The molecule has 1 heterocycles. The van der Waals surface area contributed by atoms with E-state index in [9.17, 15) is 0 Å². The highest BCUT2D eigenvalue weighted by atomic mass is 15.3. The molecular weight excluding hydrogens is 202 g/mol. The van der Waals surface area contributed by atoms with E-state index in [1.54, 1.807) is 6.34 Å². The molecule has 0 aromatic heterocycles. The molecule has 1 aliphatic heterocycles. The van der Waals surface area contributed by atoms with E-state index >= 15 is 0 Å². The highest BCUT2D eigenvalue weighted by molar-refractivity contribution is 5.93. The third-order valence-electron chi connectivity index (χ3n) is 2.14. The highest BCUT2D eigenvalue weighted by Crippen LogP contribution is 2.09. The first-order valence-corrected chi connectivity index (χ1v) is 4.95. The molecule has 1 aromatic carbocycles. The summed E-state index contributed by atoms with van der Waals surface area (Å²) in [6.45, 7) is 1.44. The summed E-state index contributed by atoms with van der Waals surface area (Å²) in [5.74, 6) is 0.558. The Morgan fingerprint density at radius 3 is 3.00 bits per heavy atom. The van der Waals surface area contributed by atoms with Gasteiger partial charge >= 0.3 is 0 Å². The minimum absolute atomic E-state index is 0.558. The Labute approximate surface area is 93.7 Å². The summed E-state index contributed by atoms with van der Waals surface area (Å²) in [4.78, 5) is 10.2. The molecule has 80 valence electrons. The average molecular weight is 213 g/mol. The van der Waals surface area contributed by atoms with Crippen LogP contribution in [0.5, 0.6) is 0 Å². The van der Waals surface area contributed by atoms with Crippen LogP contribution in [0.15, 0.2) is 40.3 Å². The van der Waals surface area contributed by atoms with Gasteiger partial charge in [-0.05, 0) is 12.1 Å². The van der Waals surface area contributed by atoms with Crippen LogP contribution in [0.4, 0.5) is 5.69 Å². The number of nitriles is 1. The topological polar surface area (TPSA) is 63.8 Å². The molecule has 0 bridgehead atoms. The molecule has 0 atom stereocenters. The van der Waals surface area contributed by atoms with E-state index < -0.39 is 0 Å². The van der Waals surface area contributed by atoms with E-state index in [0.717, 1.165) is 12.2 Å². The summed E-state index contributed by atoms with van der Waals surface area (Å²) in [5, 5.41) is 11.0. The minimum Gasteiger partial charge on any atom is -0.300 e. The molecule has 0 fully saturated rings. The van der Waals surface area contributed by atoms with Gasteiger partial charge in [0.1, 0.15) is 0 Å². The van der Waals surface area contributed by atoms with Gasteiger partial charge in [-0.1, -0.05) is 18.2 Å². The Morgan fingerprint density at radius 2 is 2.25 bits per heavy atom. The van der Waals surface area contributed by atoms with Crippen molar-refractivity contribution in [1.82, 2.24) is 10.2 Å². The maximum atomic E-state index is 8.52. The van der Waals surface area contributed by atoms with Crippen LogP contribution in [-0.2, 0) is 0 Å². The number of hydrogen-bond acceptors (Lipinski definition) is 4. The molecule has 0 unspecified atom stereocenters. The lowest BCUT2D eigenvalue weighted by atomic mass is 10.3. The predicted octanol–water partition coefficient (Wildman–Crippen LogP) is 1.09. The van der Waals surface area contributed by atoms with Gasteiger partial charge in [0.15, 0.2) is 6.19 Å². The van der Waals surface area contributed by atoms with Gasteiger partial charge in [0.25, 0.3) is 0 Å². The maximum absolute atomic E-state index is 8.52. The van der Waals surface area contributed by atoms with E-state index in [0.29, 0.717) is 12.5 Å². The van der Waals surface area contributed by atoms with Gasteiger partial charge in [-0.3, -0.25) is 10.3 Å². The van der Waals surface area contributed by atoms with Crippen molar-refractivity contribution in [2.45, 2.75) is 0 Å². The van der Waals surface area contributed by atoms with Crippen molar-refractivity contribution in [2.75, 3.05) is 13.1 Å². The second-order valence-corrected chi connectivity index (χ2v) is 3.22. The van der Waals surface area contributed by atoms with Crippen LogP contribution in [0.25, 0.3) is 0 Å². The fraction of sp³-hybridized carbons (Fsp3) is 0.182. The van der Waals surface area contributed by atoms with Gasteiger partial charge in [0.2, 0.25) is 5.96 Å². The zero-order chi connectivity index (χ0) is 11.2. The Hall–Kier alpha value is -2.35. The lowest BCUT2D eigenvalue weighted by molar-refractivity contribution is 0.669. The Bertz CT molecular complexity index is 443. The lowest BCUT2D eigenvalue weighted by Gasteiger charge is -2.11. The molecule has 0 saturated heterocycles. The highest BCUT2D eigenvalue weighted by Gasteiger charge is 2.13. The van der Waals surface area contributed by atoms with Crippen molar-refractivity contribution in [2.24, 2.45) is 9.98 Å². The molecule has 1 N–H and O–H groups in total. The maximum Gasteiger partial charge on any atom is 0.212 e. The van der Waals surface area contributed by atoms with E-state index in [1.807, 2.05) is 41.4 Å². The molecule has 0 spiro atoms. The van der Waals surface area contributed by atoms with Crippen LogP contribution < -0.4 is 5.32 Å². The number of nitrogens with zero attached hydrogens (tertiary/aromatic N) is 4. The van der Waals surface area contributed by atoms with Crippen LogP contribution in [0.1, 0.15) is 0 Å². The molecule has 5 nitrogen and oxygen atoms in total. The SMILES string of the molecule is N#CNC1=NCCN1C=Nc1ccccc1. The van der Waals surface area contributed by atoms with E-state index in [1.165, 1.54) is 0 Å². The van der Waals surface area contributed by atoms with Crippen LogP contribution in [0.2, 0.25) is 0 Å². The van der Waals surface area contributed by atoms with Gasteiger partial charge in [-0.2, -0.15) is 5.26 Å². The normalized spacial score (nSPS) is 14.9. The summed E-state index contributed by atoms with van der Waals surface area (Å²) < 4.78 is 0. The van der Waals surface area contributed by atoms with Crippen molar-refractivity contribution < 1.29 is 0 Å². The van der Waals surface area contributed by atoms with Crippen LogP contribution >= 0.6 is 0 Å². The molecule has 2 rings (SSSR count). The number of rotatable bonds is 2. The third kappa shape index (κ3) is 2.36. The molecule has 1 aromatic rings. The predicted molar refractivity (Wildman–Crippen MR) is 62.4 cm³/mol. The summed E-state index contributed by atoms with van der Waals surface area (Å²) in [6, 6.07) is 9.64. The van der Waals surface area contributed by atoms with Crippen molar-refractivity contribution in [3.63, 3.8) is 0 Å². The van der Waals surface area contributed by atoms with Gasteiger partial charge in [-0.25, -0.2) is 4.99 Å². The number of para-hydroxylation sites is 1. The third-order valence-corrected chi connectivity index (χ3v) is 2.14. The largest absolute Gasteiger partial charge is 0.300 e. The van der Waals surface area contributed by atoms with Crippen molar-refractivity contribution in [1.29, 1.82) is 5.26 Å². The number of guanidine groups is 1. The van der Waals surface area contributed by atoms with Crippen LogP contribution in [-0.4, -0.2) is 30.3 Å². The molecule has 5 heteroatoms. The minimum atomic E-state index is 0.558. The van der Waals surface area contributed by atoms with E-state index in [4.69, 9.17) is 5.26 Å². The number of hydrogen-bond donors (Lipinski definition) is 1. The van der Waals surface area contributed by atoms with Crippen molar-refractivity contribution in [3.8, 4) is 6.19 Å². The van der Waals surface area contributed by atoms with Crippen molar-refractivity contribution >= 4 is 18.0 Å². The second-order valence-electron chi connectivity index (χ2n) is 3.22. The molecule has 0 amide bonds. The van der Waals surface area contributed by atoms with Gasteiger partial charge in [-0.15, -0.1) is 0 Å². The summed E-state index contributed by atoms with van der Waals surface area (Å²) in [7, 11) is 0. The van der Waals surface area contributed by atoms with Crippen LogP contribution in [0.3, 0.4) is 0 Å². The quantitative estimate of drug-likeness (QED) is 0.346. The molecule has 0 aliphatic carbocycles. The first-order valence-electron chi connectivity index (χ1n) is 4.95. The first kappa shape index (κ1) is 10.2. The number of aliphatic imine (C=N–C) groups is 2. The molecule has 16 heavy (non-hydrogen) atoms. The van der Waals surface area contributed by atoms with Gasteiger partial charge in [0.05, 0.1) is 18.6 Å². The summed E-state index contributed by atoms with van der Waals surface area (Å²) in [5.41, 5.74) is 0.880. The Morgan fingerprint density at radius 1 is 1.44 bits per heavy atom. The van der Waals surface area contributed by atoms with Gasteiger partial charge < -0.3 is 4.90 Å². The van der Waals surface area contributed by atoms with Crippen molar-refractivity contribution in [3.05, 3.63) is 30.3 Å². The zero-order valence-corrected chi connectivity index (χ0v) is 8.67. The Kier molecular flexibility index (Phi) is 3.14. The number of nitrogens with one attached hydrogen (secondary N) is 1. The van der Waals surface area contributed by atoms with Gasteiger partial charge in [0, 0.05) is 6.54 Å². The standard InChI is InChI=1S/C11H11N5/c12-8-14-11-13-6-7-16(11)9-15-10-4-2-1-3-5-10/h1-5,9H,6-7H2,(H,13,14). The fourth-order valence-corrected chi connectivity index (χ4v) is 1.38. The monoisotopic (exact) mass is 213 g/mol. The Balaban J connectivity index is 2.03. The second kappa shape index (κ2) is 4.94. The fourth-order valence-electron chi connectivity index (χ4n) is 1.38. The molecule has 0 radical (unpaired) electrons. The number of benzene rings is 1. The molecule has 0 saturated carbocycles. The first-order chi connectivity index (χ1) is 7.90. The smallest absolute Gasteiger partial charge is 0.212 e. The summed E-state index contributed by atoms with van der Waals surface area (Å²) in [6.07, 6.45) is 3.54. The zero-order valence-electron chi connectivity index (χ0n) is 8.67. The van der Waals surface area contributed by atoms with E-state index in [2.05, 4.69) is 15.3 Å². The molecular formula is C11H11N5. The van der Waals surface area contributed by atoms with E-state index in [-0.39, 0.29) is 0 Å². The van der Waals surface area contributed by atoms with Crippen LogP contribution in [0, 0.1) is 11.5 Å². The molecule has 1 aliphatic rings.